The third-order valence-electron chi connectivity index (χ3n) is 4.56. The highest BCUT2D eigenvalue weighted by Gasteiger charge is 2.44. The van der Waals surface area contributed by atoms with E-state index in [9.17, 15) is 14.9 Å². The highest BCUT2D eigenvalue weighted by Crippen LogP contribution is 2.41. The fraction of sp³-hybridized carbons (Fsp3) is 0.400. The number of guanidine groups is 2. The summed E-state index contributed by atoms with van der Waals surface area (Å²) in [6.07, 6.45) is 4.11. The zero-order chi connectivity index (χ0) is 18.2. The molecule has 1 amide bonds. The SMILES string of the molecule is NC(=O)c1c(N2C(N)=NC(N)=NC23CCCCC3)cccc1[N+](=O)[O-]. The van der Waals surface area contributed by atoms with Gasteiger partial charge in [-0.05, 0) is 31.7 Å². The summed E-state index contributed by atoms with van der Waals surface area (Å²) in [5, 5.41) is 11.3. The van der Waals surface area contributed by atoms with Crippen LogP contribution in [-0.4, -0.2) is 28.4 Å². The summed E-state index contributed by atoms with van der Waals surface area (Å²) in [4.78, 5) is 32.7. The summed E-state index contributed by atoms with van der Waals surface area (Å²) >= 11 is 0. The predicted octanol–water partition coefficient (Wildman–Crippen LogP) is 0.804. The summed E-state index contributed by atoms with van der Waals surface area (Å²) in [6, 6.07) is 4.26. The van der Waals surface area contributed by atoms with Crippen LogP contribution in [-0.2, 0) is 0 Å². The summed E-state index contributed by atoms with van der Waals surface area (Å²) in [6.45, 7) is 0. The van der Waals surface area contributed by atoms with Gasteiger partial charge in [-0.1, -0.05) is 12.5 Å². The number of hydrogen-bond donors (Lipinski definition) is 3. The number of nitro groups is 1. The molecule has 1 saturated carbocycles. The molecule has 0 bridgehead atoms. The van der Waals surface area contributed by atoms with E-state index >= 15 is 0 Å². The predicted molar refractivity (Wildman–Crippen MR) is 93.2 cm³/mol. The van der Waals surface area contributed by atoms with Crippen LogP contribution in [0.4, 0.5) is 11.4 Å². The molecule has 0 saturated heterocycles. The van der Waals surface area contributed by atoms with Gasteiger partial charge in [-0.2, -0.15) is 4.99 Å². The van der Waals surface area contributed by atoms with Gasteiger partial charge in [0, 0.05) is 6.07 Å². The lowest BCUT2D eigenvalue weighted by Gasteiger charge is -2.45. The zero-order valence-electron chi connectivity index (χ0n) is 13.5. The van der Waals surface area contributed by atoms with Crippen LogP contribution >= 0.6 is 0 Å². The average Bonchev–Trinajstić information content (AvgIpc) is 2.54. The minimum absolute atomic E-state index is 0.0393. The van der Waals surface area contributed by atoms with Gasteiger partial charge in [0.1, 0.15) is 11.2 Å². The van der Waals surface area contributed by atoms with Crippen LogP contribution in [0.15, 0.2) is 28.2 Å². The van der Waals surface area contributed by atoms with Crippen LogP contribution < -0.4 is 22.1 Å². The van der Waals surface area contributed by atoms with Crippen molar-refractivity contribution in [1.82, 2.24) is 0 Å². The van der Waals surface area contributed by atoms with Gasteiger partial charge < -0.3 is 17.2 Å². The number of nitrogens with zero attached hydrogens (tertiary/aromatic N) is 4. The topological polar surface area (TPSA) is 166 Å². The van der Waals surface area contributed by atoms with E-state index in [4.69, 9.17) is 17.2 Å². The number of primary amides is 1. The van der Waals surface area contributed by atoms with E-state index in [1.165, 1.54) is 12.1 Å². The molecule has 1 spiro atoms. The molecule has 1 aromatic carbocycles. The molecular weight excluding hydrogens is 326 g/mol. The van der Waals surface area contributed by atoms with Crippen LogP contribution in [0.2, 0.25) is 0 Å². The molecule has 0 radical (unpaired) electrons. The van der Waals surface area contributed by atoms with E-state index in [2.05, 4.69) is 9.98 Å². The Labute approximate surface area is 143 Å². The quantitative estimate of drug-likeness (QED) is 0.541. The standard InChI is InChI=1S/C15H19N7O3/c16-12(23)11-9(5-4-6-10(11)22(24)25)21-14(18)19-13(17)20-15(21)7-2-1-3-8-15/h4-6H,1-3,7-8H2,(H2,16,23)(H4,17,18,19,20). The largest absolute Gasteiger partial charge is 0.369 e. The Balaban J connectivity index is 2.23. The van der Waals surface area contributed by atoms with Crippen molar-refractivity contribution in [2.75, 3.05) is 4.90 Å². The first kappa shape index (κ1) is 16.7. The Bertz CT molecular complexity index is 796. The van der Waals surface area contributed by atoms with E-state index in [1.54, 1.807) is 11.0 Å². The second-order valence-electron chi connectivity index (χ2n) is 6.11. The molecular formula is C15H19N7O3. The fourth-order valence-electron chi connectivity index (χ4n) is 3.59. The van der Waals surface area contributed by atoms with Crippen molar-refractivity contribution < 1.29 is 9.72 Å². The maximum Gasteiger partial charge on any atom is 0.284 e. The maximum atomic E-state index is 12.0. The van der Waals surface area contributed by atoms with E-state index in [0.29, 0.717) is 12.8 Å². The molecule has 132 valence electrons. The molecule has 10 nitrogen and oxygen atoms in total. The first-order valence-corrected chi connectivity index (χ1v) is 7.93. The number of amides is 1. The Morgan fingerprint density at radius 3 is 2.52 bits per heavy atom. The number of carbonyl (C=O) groups excluding carboxylic acids is 1. The lowest BCUT2D eigenvalue weighted by molar-refractivity contribution is -0.385. The van der Waals surface area contributed by atoms with E-state index < -0.39 is 16.5 Å². The Hall–Kier alpha value is -3.17. The van der Waals surface area contributed by atoms with Crippen LogP contribution in [0.25, 0.3) is 0 Å². The van der Waals surface area contributed by atoms with Gasteiger partial charge in [0.2, 0.25) is 11.9 Å². The van der Waals surface area contributed by atoms with Crippen LogP contribution in [0.5, 0.6) is 0 Å². The van der Waals surface area contributed by atoms with Gasteiger partial charge in [0.15, 0.2) is 0 Å². The summed E-state index contributed by atoms with van der Waals surface area (Å²) < 4.78 is 0. The first-order chi connectivity index (χ1) is 11.9. The van der Waals surface area contributed by atoms with Crippen molar-refractivity contribution in [1.29, 1.82) is 0 Å². The Morgan fingerprint density at radius 2 is 1.92 bits per heavy atom. The van der Waals surface area contributed by atoms with Crippen molar-refractivity contribution in [3.63, 3.8) is 0 Å². The number of carbonyl (C=O) groups is 1. The summed E-state index contributed by atoms with van der Waals surface area (Å²) in [5.41, 5.74) is 16.1. The molecule has 1 aliphatic carbocycles. The lowest BCUT2D eigenvalue weighted by Crippen LogP contribution is -2.58. The van der Waals surface area contributed by atoms with Gasteiger partial charge in [-0.15, -0.1) is 0 Å². The smallest absolute Gasteiger partial charge is 0.284 e. The highest BCUT2D eigenvalue weighted by atomic mass is 16.6. The molecule has 0 atom stereocenters. The van der Waals surface area contributed by atoms with Gasteiger partial charge in [-0.3, -0.25) is 19.8 Å². The number of rotatable bonds is 3. The highest BCUT2D eigenvalue weighted by molar-refractivity contribution is 6.11. The Kier molecular flexibility index (Phi) is 4.03. The normalized spacial score (nSPS) is 19.3. The van der Waals surface area contributed by atoms with Crippen LogP contribution in [0.1, 0.15) is 42.5 Å². The van der Waals surface area contributed by atoms with Gasteiger partial charge in [0.05, 0.1) is 10.6 Å². The van der Waals surface area contributed by atoms with Crippen LogP contribution in [0.3, 0.4) is 0 Å². The van der Waals surface area contributed by atoms with Crippen molar-refractivity contribution in [2.24, 2.45) is 27.2 Å². The van der Waals surface area contributed by atoms with E-state index in [-0.39, 0.29) is 28.9 Å². The third kappa shape index (κ3) is 2.75. The van der Waals surface area contributed by atoms with Crippen molar-refractivity contribution >= 4 is 29.2 Å². The van der Waals surface area contributed by atoms with E-state index in [1.807, 2.05) is 0 Å². The molecule has 1 heterocycles. The second-order valence-corrected chi connectivity index (χ2v) is 6.11. The molecule has 1 fully saturated rings. The summed E-state index contributed by atoms with van der Waals surface area (Å²) in [7, 11) is 0. The van der Waals surface area contributed by atoms with Gasteiger partial charge >= 0.3 is 0 Å². The average molecular weight is 345 g/mol. The number of hydrogen-bond acceptors (Lipinski definition) is 8. The summed E-state index contributed by atoms with van der Waals surface area (Å²) in [5.74, 6) is -0.817. The number of anilines is 1. The molecule has 0 unspecified atom stereocenters. The molecule has 1 aliphatic heterocycles. The molecule has 1 aromatic rings. The second kappa shape index (κ2) is 6.04. The monoisotopic (exact) mass is 345 g/mol. The zero-order valence-corrected chi connectivity index (χ0v) is 13.5. The number of benzene rings is 1. The minimum atomic E-state index is -0.913. The van der Waals surface area contributed by atoms with Gasteiger partial charge in [-0.25, -0.2) is 4.99 Å². The Morgan fingerprint density at radius 1 is 1.24 bits per heavy atom. The number of aliphatic imine (C=N–C) groups is 2. The van der Waals surface area contributed by atoms with Crippen LogP contribution in [0, 0.1) is 10.1 Å². The minimum Gasteiger partial charge on any atom is -0.369 e. The van der Waals surface area contributed by atoms with Crippen molar-refractivity contribution in [3.05, 3.63) is 33.9 Å². The van der Waals surface area contributed by atoms with Gasteiger partial charge in [0.25, 0.3) is 11.6 Å². The third-order valence-corrected chi connectivity index (χ3v) is 4.56. The number of nitro benzene ring substituents is 1. The molecule has 2 aliphatic rings. The molecule has 10 heteroatoms. The molecule has 0 aromatic heterocycles. The maximum absolute atomic E-state index is 12.0. The molecule has 25 heavy (non-hydrogen) atoms. The lowest BCUT2D eigenvalue weighted by atomic mass is 9.86. The molecule has 3 rings (SSSR count). The number of nitrogens with two attached hydrogens (primary N) is 3. The molecule has 6 N–H and O–H groups in total. The van der Waals surface area contributed by atoms with E-state index in [0.717, 1.165) is 19.3 Å². The first-order valence-electron chi connectivity index (χ1n) is 7.93. The van der Waals surface area contributed by atoms with Crippen molar-refractivity contribution in [2.45, 2.75) is 37.8 Å². The fourth-order valence-corrected chi connectivity index (χ4v) is 3.59. The van der Waals surface area contributed by atoms with Crippen molar-refractivity contribution in [3.8, 4) is 0 Å².